The van der Waals surface area contributed by atoms with Crippen molar-refractivity contribution in [1.29, 1.82) is 0 Å². The van der Waals surface area contributed by atoms with Gasteiger partial charge in [-0.15, -0.1) is 0 Å². The molecule has 3 rings (SSSR count). The maximum atomic E-state index is 11.7. The van der Waals surface area contributed by atoms with Crippen LogP contribution in [0.2, 0.25) is 0 Å². The fourth-order valence-electron chi connectivity index (χ4n) is 3.25. The number of methoxy groups -OCH3 is 3. The largest absolute Gasteiger partial charge is 0.493 e. The molecule has 0 aromatic heterocycles. The Morgan fingerprint density at radius 2 is 1.73 bits per heavy atom. The SMILES string of the molecule is COC(=O)Cc1ccccc1CC1=NCCc2cc(OC)c(OC)cc21. The minimum absolute atomic E-state index is 0.241. The number of carbonyl (C=O) groups excluding carboxylic acids is 1. The molecule has 1 aliphatic rings. The summed E-state index contributed by atoms with van der Waals surface area (Å²) in [6.45, 7) is 0.747. The summed E-state index contributed by atoms with van der Waals surface area (Å²) in [5.74, 6) is 1.19. The molecule has 0 radical (unpaired) electrons. The Morgan fingerprint density at radius 3 is 2.42 bits per heavy atom. The molecule has 5 heteroatoms. The monoisotopic (exact) mass is 353 g/mol. The molecule has 2 aromatic rings. The molecule has 0 spiro atoms. The van der Waals surface area contributed by atoms with Gasteiger partial charge in [-0.3, -0.25) is 9.79 Å². The number of esters is 1. The fourth-order valence-corrected chi connectivity index (χ4v) is 3.25. The van der Waals surface area contributed by atoms with E-state index < -0.39 is 0 Å². The lowest BCUT2D eigenvalue weighted by Crippen LogP contribution is -2.17. The van der Waals surface area contributed by atoms with Crippen molar-refractivity contribution in [2.45, 2.75) is 19.3 Å². The van der Waals surface area contributed by atoms with Crippen LogP contribution in [0.3, 0.4) is 0 Å². The molecule has 0 saturated carbocycles. The second kappa shape index (κ2) is 8.04. The molecule has 1 aliphatic heterocycles. The van der Waals surface area contributed by atoms with E-state index in [4.69, 9.17) is 19.2 Å². The maximum Gasteiger partial charge on any atom is 0.309 e. The predicted molar refractivity (Wildman–Crippen MR) is 101 cm³/mol. The summed E-state index contributed by atoms with van der Waals surface area (Å²) < 4.78 is 15.7. The first-order chi connectivity index (χ1) is 12.7. The molecule has 0 bridgehead atoms. The Hall–Kier alpha value is -2.82. The zero-order valence-corrected chi connectivity index (χ0v) is 15.4. The van der Waals surface area contributed by atoms with Crippen molar-refractivity contribution in [2.24, 2.45) is 4.99 Å². The van der Waals surface area contributed by atoms with Crippen LogP contribution in [0.4, 0.5) is 0 Å². The molecular formula is C21H23NO4. The Morgan fingerprint density at radius 1 is 1.04 bits per heavy atom. The minimum atomic E-state index is -0.241. The Bertz CT molecular complexity index is 842. The average Bonchev–Trinajstić information content (AvgIpc) is 2.68. The third kappa shape index (κ3) is 3.72. The van der Waals surface area contributed by atoms with Gasteiger partial charge in [0.25, 0.3) is 0 Å². The van der Waals surface area contributed by atoms with Crippen LogP contribution >= 0.6 is 0 Å². The van der Waals surface area contributed by atoms with Gasteiger partial charge in [-0.2, -0.15) is 0 Å². The highest BCUT2D eigenvalue weighted by Crippen LogP contribution is 2.33. The molecule has 136 valence electrons. The van der Waals surface area contributed by atoms with Gasteiger partial charge in [-0.25, -0.2) is 0 Å². The Kier molecular flexibility index (Phi) is 5.56. The molecular weight excluding hydrogens is 330 g/mol. The number of aliphatic imine (C=N–C) groups is 1. The van der Waals surface area contributed by atoms with E-state index in [2.05, 4.69) is 0 Å². The summed E-state index contributed by atoms with van der Waals surface area (Å²) in [7, 11) is 4.69. The summed E-state index contributed by atoms with van der Waals surface area (Å²) in [5, 5.41) is 0. The van der Waals surface area contributed by atoms with E-state index >= 15 is 0 Å². The summed E-state index contributed by atoms with van der Waals surface area (Å²) >= 11 is 0. The van der Waals surface area contributed by atoms with Gasteiger partial charge in [0.1, 0.15) is 0 Å². The molecule has 26 heavy (non-hydrogen) atoms. The lowest BCUT2D eigenvalue weighted by molar-refractivity contribution is -0.139. The molecule has 0 atom stereocenters. The molecule has 5 nitrogen and oxygen atoms in total. The molecule has 0 aliphatic carbocycles. The van der Waals surface area contributed by atoms with E-state index in [1.165, 1.54) is 12.7 Å². The lowest BCUT2D eigenvalue weighted by atomic mass is 9.91. The highest BCUT2D eigenvalue weighted by molar-refractivity contribution is 6.04. The van der Waals surface area contributed by atoms with Crippen molar-refractivity contribution < 1.29 is 19.0 Å². The third-order valence-corrected chi connectivity index (χ3v) is 4.64. The van der Waals surface area contributed by atoms with Crippen LogP contribution in [0.25, 0.3) is 0 Å². The van der Waals surface area contributed by atoms with Crippen molar-refractivity contribution in [3.05, 3.63) is 58.7 Å². The number of nitrogens with zero attached hydrogens (tertiary/aromatic N) is 1. The summed E-state index contributed by atoms with van der Waals surface area (Å²) in [6, 6.07) is 11.9. The van der Waals surface area contributed by atoms with E-state index in [0.717, 1.165) is 41.1 Å². The Labute approximate surface area is 153 Å². The smallest absolute Gasteiger partial charge is 0.309 e. The first kappa shape index (κ1) is 18.0. The van der Waals surface area contributed by atoms with Gasteiger partial charge in [0.2, 0.25) is 0 Å². The quantitative estimate of drug-likeness (QED) is 0.749. The molecule has 0 N–H and O–H groups in total. The summed E-state index contributed by atoms with van der Waals surface area (Å²) in [6.07, 6.45) is 1.80. The first-order valence-corrected chi connectivity index (χ1v) is 8.58. The second-order valence-electron chi connectivity index (χ2n) is 6.14. The molecule has 0 saturated heterocycles. The van der Waals surface area contributed by atoms with Crippen molar-refractivity contribution in [3.63, 3.8) is 0 Å². The van der Waals surface area contributed by atoms with E-state index in [1.807, 2.05) is 36.4 Å². The number of ether oxygens (including phenoxy) is 3. The number of fused-ring (bicyclic) bond motifs is 1. The van der Waals surface area contributed by atoms with Gasteiger partial charge in [-0.1, -0.05) is 24.3 Å². The van der Waals surface area contributed by atoms with E-state index in [0.29, 0.717) is 12.2 Å². The van der Waals surface area contributed by atoms with Gasteiger partial charge < -0.3 is 14.2 Å². The van der Waals surface area contributed by atoms with Crippen molar-refractivity contribution in [1.82, 2.24) is 0 Å². The van der Waals surface area contributed by atoms with Gasteiger partial charge in [0.15, 0.2) is 11.5 Å². The van der Waals surface area contributed by atoms with Gasteiger partial charge in [0, 0.05) is 24.2 Å². The van der Waals surface area contributed by atoms with Crippen LogP contribution in [0.15, 0.2) is 41.4 Å². The van der Waals surface area contributed by atoms with Crippen LogP contribution in [-0.4, -0.2) is 39.6 Å². The molecule has 1 heterocycles. The van der Waals surface area contributed by atoms with Crippen LogP contribution in [-0.2, 0) is 28.8 Å². The summed E-state index contributed by atoms with van der Waals surface area (Å²) in [5.41, 5.74) is 5.35. The number of carbonyl (C=O) groups is 1. The second-order valence-corrected chi connectivity index (χ2v) is 6.14. The zero-order chi connectivity index (χ0) is 18.5. The fraction of sp³-hybridized carbons (Fsp3) is 0.333. The molecule has 0 amide bonds. The van der Waals surface area contributed by atoms with E-state index in [-0.39, 0.29) is 12.4 Å². The predicted octanol–water partition coefficient (Wildman–Crippen LogP) is 3.01. The normalized spacial score (nSPS) is 12.8. The third-order valence-electron chi connectivity index (χ3n) is 4.64. The van der Waals surface area contributed by atoms with Crippen molar-refractivity contribution in [2.75, 3.05) is 27.9 Å². The maximum absolute atomic E-state index is 11.7. The van der Waals surface area contributed by atoms with Crippen molar-refractivity contribution >= 4 is 11.7 Å². The van der Waals surface area contributed by atoms with Crippen LogP contribution in [0, 0.1) is 0 Å². The standard InChI is InChI=1S/C21H23NO4/c1-24-19-11-16-8-9-22-18(17(16)13-20(19)25-2)10-14-6-4-5-7-15(14)12-21(23)26-3/h4-7,11,13H,8-10,12H2,1-3H3. The number of rotatable bonds is 6. The lowest BCUT2D eigenvalue weighted by Gasteiger charge is -2.20. The number of hydrogen-bond acceptors (Lipinski definition) is 5. The van der Waals surface area contributed by atoms with Crippen molar-refractivity contribution in [3.8, 4) is 11.5 Å². The minimum Gasteiger partial charge on any atom is -0.493 e. The average molecular weight is 353 g/mol. The van der Waals surface area contributed by atoms with Gasteiger partial charge in [-0.05, 0) is 35.2 Å². The molecule has 2 aromatic carbocycles. The Balaban J connectivity index is 1.93. The highest BCUT2D eigenvalue weighted by atomic mass is 16.5. The number of benzene rings is 2. The van der Waals surface area contributed by atoms with E-state index in [9.17, 15) is 4.79 Å². The summed E-state index contributed by atoms with van der Waals surface area (Å²) in [4.78, 5) is 16.4. The first-order valence-electron chi connectivity index (χ1n) is 8.58. The van der Waals surface area contributed by atoms with Crippen LogP contribution < -0.4 is 9.47 Å². The van der Waals surface area contributed by atoms with Crippen LogP contribution in [0.5, 0.6) is 11.5 Å². The highest BCUT2D eigenvalue weighted by Gasteiger charge is 2.20. The van der Waals surface area contributed by atoms with Gasteiger partial charge in [0.05, 0.1) is 27.8 Å². The van der Waals surface area contributed by atoms with E-state index in [1.54, 1.807) is 14.2 Å². The number of hydrogen-bond donors (Lipinski definition) is 0. The molecule has 0 fully saturated rings. The molecule has 0 unspecified atom stereocenters. The topological polar surface area (TPSA) is 57.1 Å². The van der Waals surface area contributed by atoms with Crippen LogP contribution in [0.1, 0.15) is 22.3 Å². The van der Waals surface area contributed by atoms with Gasteiger partial charge >= 0.3 is 5.97 Å². The zero-order valence-electron chi connectivity index (χ0n) is 15.4.